The van der Waals surface area contributed by atoms with Gasteiger partial charge < -0.3 is 10.2 Å². The molecule has 0 aliphatic carbocycles. The fourth-order valence-corrected chi connectivity index (χ4v) is 5.33. The van der Waals surface area contributed by atoms with Crippen molar-refractivity contribution < 1.29 is 0 Å². The van der Waals surface area contributed by atoms with Gasteiger partial charge in [0.1, 0.15) is 0 Å². The molecule has 1 N–H and O–H groups in total. The monoisotopic (exact) mass is 507 g/mol. The topological polar surface area (TPSA) is 28.2 Å². The molecule has 0 spiro atoms. The van der Waals surface area contributed by atoms with E-state index in [-0.39, 0.29) is 12.1 Å². The van der Waals surface area contributed by atoms with Crippen molar-refractivity contribution in [3.8, 4) is 0 Å². The molecule has 132 valence electrons. The van der Waals surface area contributed by atoms with E-state index in [1.165, 1.54) is 10.4 Å². The van der Waals surface area contributed by atoms with E-state index in [0.29, 0.717) is 0 Å². The lowest BCUT2D eigenvalue weighted by Gasteiger charge is -2.27. The number of hydrogen-bond acceptors (Lipinski definition) is 3. The van der Waals surface area contributed by atoms with Crippen molar-refractivity contribution in [2.75, 3.05) is 4.90 Å². The second kappa shape index (κ2) is 7.38. The Morgan fingerprint density at radius 3 is 2.65 bits per heavy atom. The Labute approximate surface area is 178 Å². The molecular formula is C19H15Br2N3S2. The zero-order valence-corrected chi connectivity index (χ0v) is 18.6. The van der Waals surface area contributed by atoms with Crippen LogP contribution in [0.2, 0.25) is 0 Å². The van der Waals surface area contributed by atoms with E-state index in [9.17, 15) is 0 Å². The first-order valence-electron chi connectivity index (χ1n) is 8.06. The molecule has 1 fully saturated rings. The first-order chi connectivity index (χ1) is 12.5. The molecule has 3 aromatic rings. The minimum Gasteiger partial charge on any atom is -0.351 e. The molecule has 1 aliphatic heterocycles. The van der Waals surface area contributed by atoms with E-state index in [4.69, 9.17) is 12.2 Å². The van der Waals surface area contributed by atoms with Crippen molar-refractivity contribution in [3.63, 3.8) is 0 Å². The molecular weight excluding hydrogens is 494 g/mol. The molecule has 3 heterocycles. The van der Waals surface area contributed by atoms with Crippen LogP contribution in [0.3, 0.4) is 0 Å². The van der Waals surface area contributed by atoms with Crippen LogP contribution in [-0.2, 0) is 0 Å². The molecule has 2 atom stereocenters. The van der Waals surface area contributed by atoms with Gasteiger partial charge in [0, 0.05) is 21.2 Å². The summed E-state index contributed by atoms with van der Waals surface area (Å²) in [6, 6.07) is 16.6. The second-order valence-corrected chi connectivity index (χ2v) is 9.81. The number of nitrogens with zero attached hydrogens (tertiary/aromatic N) is 2. The van der Waals surface area contributed by atoms with Gasteiger partial charge in [0.2, 0.25) is 0 Å². The van der Waals surface area contributed by atoms with E-state index in [2.05, 4.69) is 84.3 Å². The molecule has 0 unspecified atom stereocenters. The molecule has 0 amide bonds. The van der Waals surface area contributed by atoms with Crippen molar-refractivity contribution in [2.45, 2.75) is 19.0 Å². The minimum atomic E-state index is -0.00166. The fourth-order valence-electron chi connectivity index (χ4n) is 3.19. The van der Waals surface area contributed by atoms with Crippen LogP contribution < -0.4 is 10.2 Å². The lowest BCUT2D eigenvalue weighted by molar-refractivity contribution is 0.575. The Bertz CT molecular complexity index is 958. The maximum Gasteiger partial charge on any atom is 0.174 e. The third kappa shape index (κ3) is 3.33. The lowest BCUT2D eigenvalue weighted by atomic mass is 10.0. The minimum absolute atomic E-state index is 0.00166. The predicted molar refractivity (Wildman–Crippen MR) is 119 cm³/mol. The Balaban J connectivity index is 1.83. The van der Waals surface area contributed by atoms with Crippen molar-refractivity contribution in [1.29, 1.82) is 0 Å². The number of benzene rings is 1. The van der Waals surface area contributed by atoms with Gasteiger partial charge in [-0.15, -0.1) is 11.3 Å². The normalized spacial score (nSPS) is 19.7. The molecule has 2 aromatic heterocycles. The van der Waals surface area contributed by atoms with Crippen molar-refractivity contribution >= 4 is 66.2 Å². The highest BCUT2D eigenvalue weighted by Crippen LogP contribution is 2.44. The number of nitrogens with one attached hydrogen (secondary N) is 1. The zero-order chi connectivity index (χ0) is 18.3. The summed E-state index contributed by atoms with van der Waals surface area (Å²) >= 11 is 14.6. The summed E-state index contributed by atoms with van der Waals surface area (Å²) in [7, 11) is 0. The van der Waals surface area contributed by atoms with Gasteiger partial charge in [-0.2, -0.15) is 0 Å². The van der Waals surface area contributed by atoms with Gasteiger partial charge in [-0.05, 0) is 83.1 Å². The van der Waals surface area contributed by atoms with Crippen LogP contribution in [-0.4, -0.2) is 10.1 Å². The van der Waals surface area contributed by atoms with Gasteiger partial charge in [-0.25, -0.2) is 0 Å². The summed E-state index contributed by atoms with van der Waals surface area (Å²) < 4.78 is 2.20. The van der Waals surface area contributed by atoms with E-state index >= 15 is 0 Å². The summed E-state index contributed by atoms with van der Waals surface area (Å²) in [5, 5.41) is 4.20. The predicted octanol–water partition coefficient (Wildman–Crippen LogP) is 6.15. The Morgan fingerprint density at radius 1 is 1.15 bits per heavy atom. The second-order valence-electron chi connectivity index (χ2n) is 6.07. The average Bonchev–Trinajstić information content (AvgIpc) is 3.21. The van der Waals surface area contributed by atoms with Crippen LogP contribution in [0.4, 0.5) is 5.69 Å². The van der Waals surface area contributed by atoms with E-state index in [1.807, 2.05) is 24.4 Å². The van der Waals surface area contributed by atoms with Crippen LogP contribution >= 0.6 is 55.4 Å². The molecule has 0 radical (unpaired) electrons. The van der Waals surface area contributed by atoms with Crippen molar-refractivity contribution in [1.82, 2.24) is 10.3 Å². The van der Waals surface area contributed by atoms with Crippen LogP contribution in [0, 0.1) is 6.92 Å². The SMILES string of the molecule is Cc1cc(N2C(=S)N[C@H](c3ccccn3)[C@@H]2c2ccc(Br)s2)ccc1Br. The lowest BCUT2D eigenvalue weighted by Crippen LogP contribution is -2.29. The number of thiophene rings is 1. The fraction of sp³-hybridized carbons (Fsp3) is 0.158. The van der Waals surface area contributed by atoms with E-state index in [1.54, 1.807) is 11.3 Å². The summed E-state index contributed by atoms with van der Waals surface area (Å²) in [5.41, 5.74) is 3.24. The number of thiocarbonyl (C=S) groups is 1. The number of hydrogen-bond donors (Lipinski definition) is 1. The van der Waals surface area contributed by atoms with Crippen molar-refractivity contribution in [3.05, 3.63) is 79.1 Å². The molecule has 0 saturated carbocycles. The highest BCUT2D eigenvalue weighted by molar-refractivity contribution is 9.11. The van der Waals surface area contributed by atoms with Crippen LogP contribution in [0.25, 0.3) is 0 Å². The smallest absolute Gasteiger partial charge is 0.174 e. The third-order valence-corrected chi connectivity index (χ3v) is 7.30. The van der Waals surface area contributed by atoms with Crippen LogP contribution in [0.15, 0.2) is 63.0 Å². The molecule has 7 heteroatoms. The standard InChI is InChI=1S/C19H15Br2N3S2/c1-11-10-12(5-6-13(11)20)24-18(15-7-8-16(21)26-15)17(23-19(24)25)14-4-2-3-9-22-14/h2-10,17-18H,1H3,(H,23,25)/t17-,18+/m1/s1. The molecule has 26 heavy (non-hydrogen) atoms. The number of rotatable bonds is 3. The number of halogens is 2. The number of aryl methyl sites for hydroxylation is 1. The van der Waals surface area contributed by atoms with E-state index < -0.39 is 0 Å². The van der Waals surface area contributed by atoms with Gasteiger partial charge >= 0.3 is 0 Å². The highest BCUT2D eigenvalue weighted by atomic mass is 79.9. The number of anilines is 1. The van der Waals surface area contributed by atoms with Gasteiger partial charge in [-0.1, -0.05) is 22.0 Å². The molecule has 1 saturated heterocycles. The number of aromatic nitrogens is 1. The maximum absolute atomic E-state index is 5.73. The molecule has 3 nitrogen and oxygen atoms in total. The summed E-state index contributed by atoms with van der Waals surface area (Å²) in [6.07, 6.45) is 1.83. The van der Waals surface area contributed by atoms with Gasteiger partial charge in [0.15, 0.2) is 5.11 Å². The first kappa shape index (κ1) is 18.1. The summed E-state index contributed by atoms with van der Waals surface area (Å²) in [5.74, 6) is 0. The first-order valence-corrected chi connectivity index (χ1v) is 10.9. The molecule has 1 aromatic carbocycles. The van der Waals surface area contributed by atoms with Gasteiger partial charge in [0.25, 0.3) is 0 Å². The maximum atomic E-state index is 5.73. The van der Waals surface area contributed by atoms with E-state index in [0.717, 1.165) is 24.8 Å². The molecule has 4 rings (SSSR count). The third-order valence-electron chi connectivity index (χ3n) is 4.40. The Hall–Kier alpha value is -1.28. The summed E-state index contributed by atoms with van der Waals surface area (Å²) in [6.45, 7) is 2.09. The molecule has 0 bridgehead atoms. The van der Waals surface area contributed by atoms with Crippen LogP contribution in [0.1, 0.15) is 28.2 Å². The highest BCUT2D eigenvalue weighted by Gasteiger charge is 2.41. The average molecular weight is 509 g/mol. The Kier molecular flexibility index (Phi) is 5.14. The molecule has 1 aliphatic rings. The number of pyridine rings is 1. The largest absolute Gasteiger partial charge is 0.351 e. The zero-order valence-electron chi connectivity index (χ0n) is 13.8. The Morgan fingerprint density at radius 2 is 2.00 bits per heavy atom. The summed E-state index contributed by atoms with van der Waals surface area (Å²) in [4.78, 5) is 8.01. The van der Waals surface area contributed by atoms with Gasteiger partial charge in [0.05, 0.1) is 21.6 Å². The van der Waals surface area contributed by atoms with Crippen LogP contribution in [0.5, 0.6) is 0 Å². The van der Waals surface area contributed by atoms with Crippen molar-refractivity contribution in [2.24, 2.45) is 0 Å². The quantitative estimate of drug-likeness (QED) is 0.429. The van der Waals surface area contributed by atoms with Gasteiger partial charge in [-0.3, -0.25) is 4.98 Å².